The van der Waals surface area contributed by atoms with Crippen LogP contribution in [-0.2, 0) is 4.74 Å². The molecular formula is C13H26N2O. The van der Waals surface area contributed by atoms with Gasteiger partial charge >= 0.3 is 0 Å². The van der Waals surface area contributed by atoms with E-state index in [0.717, 1.165) is 32.3 Å². The smallest absolute Gasteiger partial charge is 0.0635 e. The van der Waals surface area contributed by atoms with Crippen LogP contribution in [0.3, 0.4) is 0 Å². The van der Waals surface area contributed by atoms with Gasteiger partial charge < -0.3 is 10.1 Å². The predicted molar refractivity (Wildman–Crippen MR) is 66.7 cm³/mol. The largest absolute Gasteiger partial charge is 0.378 e. The van der Waals surface area contributed by atoms with E-state index < -0.39 is 0 Å². The molecule has 1 atom stereocenters. The molecule has 0 bridgehead atoms. The van der Waals surface area contributed by atoms with Crippen molar-refractivity contribution in [3.8, 4) is 0 Å². The van der Waals surface area contributed by atoms with Gasteiger partial charge in [0, 0.05) is 31.2 Å². The lowest BCUT2D eigenvalue weighted by Gasteiger charge is -2.40. The molecule has 2 rings (SSSR count). The fourth-order valence-electron chi connectivity index (χ4n) is 2.93. The van der Waals surface area contributed by atoms with Gasteiger partial charge in [0.2, 0.25) is 0 Å². The molecule has 1 heterocycles. The number of nitrogens with one attached hydrogen (secondary N) is 1. The third-order valence-corrected chi connectivity index (χ3v) is 3.83. The fourth-order valence-corrected chi connectivity index (χ4v) is 2.93. The van der Waals surface area contributed by atoms with E-state index in [1.807, 2.05) is 0 Å². The molecule has 1 aliphatic carbocycles. The second-order valence-electron chi connectivity index (χ2n) is 5.47. The van der Waals surface area contributed by atoms with Crippen LogP contribution >= 0.6 is 0 Å². The molecule has 1 saturated carbocycles. The minimum absolute atomic E-state index is 0.576. The Balaban J connectivity index is 1.85. The van der Waals surface area contributed by atoms with Crippen molar-refractivity contribution in [1.82, 2.24) is 10.2 Å². The third-order valence-electron chi connectivity index (χ3n) is 3.83. The third kappa shape index (κ3) is 3.19. The molecule has 2 aliphatic rings. The maximum absolute atomic E-state index is 5.62. The Morgan fingerprint density at radius 3 is 2.75 bits per heavy atom. The summed E-state index contributed by atoms with van der Waals surface area (Å²) in [6.07, 6.45) is 5.65. The highest BCUT2D eigenvalue weighted by Gasteiger charge is 2.30. The Morgan fingerprint density at radius 1 is 1.31 bits per heavy atom. The summed E-state index contributed by atoms with van der Waals surface area (Å²) in [7, 11) is 0. The van der Waals surface area contributed by atoms with Gasteiger partial charge in [-0.15, -0.1) is 0 Å². The first kappa shape index (κ1) is 12.3. The van der Waals surface area contributed by atoms with E-state index in [1.165, 1.54) is 25.7 Å². The van der Waals surface area contributed by atoms with Gasteiger partial charge in [0.25, 0.3) is 0 Å². The van der Waals surface area contributed by atoms with Gasteiger partial charge in [0.15, 0.2) is 0 Å². The van der Waals surface area contributed by atoms with Crippen molar-refractivity contribution in [2.75, 3.05) is 26.3 Å². The standard InChI is InChI=1S/C13H26N2O/c1-11(2)14-9-13-10-16-8-7-15(13)12-5-3-4-6-12/h11-14H,3-10H2,1-2H3. The topological polar surface area (TPSA) is 24.5 Å². The molecule has 3 heteroatoms. The first-order valence-electron chi connectivity index (χ1n) is 6.84. The van der Waals surface area contributed by atoms with E-state index >= 15 is 0 Å². The molecule has 0 aromatic rings. The van der Waals surface area contributed by atoms with Crippen molar-refractivity contribution < 1.29 is 4.74 Å². The van der Waals surface area contributed by atoms with E-state index in [0.29, 0.717) is 12.1 Å². The van der Waals surface area contributed by atoms with Gasteiger partial charge in [-0.1, -0.05) is 26.7 Å². The van der Waals surface area contributed by atoms with Crippen LogP contribution in [0.2, 0.25) is 0 Å². The Hall–Kier alpha value is -0.120. The van der Waals surface area contributed by atoms with Crippen molar-refractivity contribution in [1.29, 1.82) is 0 Å². The molecule has 0 radical (unpaired) electrons. The molecule has 1 aliphatic heterocycles. The molecule has 3 nitrogen and oxygen atoms in total. The summed E-state index contributed by atoms with van der Waals surface area (Å²) in [6.45, 7) is 8.47. The second-order valence-corrected chi connectivity index (χ2v) is 5.47. The van der Waals surface area contributed by atoms with E-state index in [-0.39, 0.29) is 0 Å². The average molecular weight is 226 g/mol. The van der Waals surface area contributed by atoms with Crippen LogP contribution < -0.4 is 5.32 Å². The molecule has 1 unspecified atom stereocenters. The number of ether oxygens (including phenoxy) is 1. The number of morpholine rings is 1. The molecule has 94 valence electrons. The van der Waals surface area contributed by atoms with Gasteiger partial charge in [-0.2, -0.15) is 0 Å². The summed E-state index contributed by atoms with van der Waals surface area (Å²) < 4.78 is 5.62. The Bertz CT molecular complexity index is 202. The lowest BCUT2D eigenvalue weighted by atomic mass is 10.1. The molecule has 16 heavy (non-hydrogen) atoms. The molecule has 2 fully saturated rings. The Morgan fingerprint density at radius 2 is 2.06 bits per heavy atom. The van der Waals surface area contributed by atoms with Crippen LogP contribution in [0, 0.1) is 0 Å². The molecule has 0 amide bonds. The summed E-state index contributed by atoms with van der Waals surface area (Å²) in [5.74, 6) is 0. The van der Waals surface area contributed by atoms with Crippen molar-refractivity contribution in [2.24, 2.45) is 0 Å². The Labute approximate surface area is 99.5 Å². The molecule has 1 saturated heterocycles. The quantitative estimate of drug-likeness (QED) is 0.788. The minimum Gasteiger partial charge on any atom is -0.378 e. The van der Waals surface area contributed by atoms with Crippen LogP contribution in [0.15, 0.2) is 0 Å². The van der Waals surface area contributed by atoms with Gasteiger partial charge in [-0.05, 0) is 12.8 Å². The predicted octanol–water partition coefficient (Wildman–Crippen LogP) is 1.63. The first-order valence-corrected chi connectivity index (χ1v) is 6.84. The van der Waals surface area contributed by atoms with Gasteiger partial charge in [-0.25, -0.2) is 0 Å². The number of hydrogen-bond donors (Lipinski definition) is 1. The highest BCUT2D eigenvalue weighted by atomic mass is 16.5. The lowest BCUT2D eigenvalue weighted by Crippen LogP contribution is -2.54. The van der Waals surface area contributed by atoms with Gasteiger partial charge in [-0.3, -0.25) is 4.90 Å². The van der Waals surface area contributed by atoms with Crippen LogP contribution in [-0.4, -0.2) is 49.3 Å². The zero-order valence-corrected chi connectivity index (χ0v) is 10.7. The molecule has 1 N–H and O–H groups in total. The average Bonchev–Trinajstić information content (AvgIpc) is 2.80. The molecule has 0 aromatic carbocycles. The summed E-state index contributed by atoms with van der Waals surface area (Å²) in [4.78, 5) is 2.70. The monoisotopic (exact) mass is 226 g/mol. The SMILES string of the molecule is CC(C)NCC1COCCN1C1CCCC1. The van der Waals surface area contributed by atoms with E-state index in [9.17, 15) is 0 Å². The number of hydrogen-bond acceptors (Lipinski definition) is 3. The molecule has 0 aromatic heterocycles. The van der Waals surface area contributed by atoms with Crippen molar-refractivity contribution in [3.63, 3.8) is 0 Å². The summed E-state index contributed by atoms with van der Waals surface area (Å²) >= 11 is 0. The maximum Gasteiger partial charge on any atom is 0.0635 e. The minimum atomic E-state index is 0.576. The zero-order chi connectivity index (χ0) is 11.4. The van der Waals surface area contributed by atoms with Gasteiger partial charge in [0.05, 0.1) is 13.2 Å². The van der Waals surface area contributed by atoms with E-state index in [4.69, 9.17) is 4.74 Å². The first-order chi connectivity index (χ1) is 7.77. The Kier molecular flexibility index (Phi) is 4.62. The summed E-state index contributed by atoms with van der Waals surface area (Å²) in [5.41, 5.74) is 0. The van der Waals surface area contributed by atoms with Crippen molar-refractivity contribution >= 4 is 0 Å². The number of nitrogens with zero attached hydrogens (tertiary/aromatic N) is 1. The zero-order valence-electron chi connectivity index (χ0n) is 10.7. The van der Waals surface area contributed by atoms with Gasteiger partial charge in [0.1, 0.15) is 0 Å². The van der Waals surface area contributed by atoms with Crippen molar-refractivity contribution in [2.45, 2.75) is 57.7 Å². The highest BCUT2D eigenvalue weighted by molar-refractivity contribution is 4.86. The lowest BCUT2D eigenvalue weighted by molar-refractivity contribution is -0.0273. The number of rotatable bonds is 4. The van der Waals surface area contributed by atoms with Crippen LogP contribution in [0.5, 0.6) is 0 Å². The van der Waals surface area contributed by atoms with Crippen molar-refractivity contribution in [3.05, 3.63) is 0 Å². The van der Waals surface area contributed by atoms with Crippen LogP contribution in [0.25, 0.3) is 0 Å². The highest BCUT2D eigenvalue weighted by Crippen LogP contribution is 2.26. The van der Waals surface area contributed by atoms with E-state index in [1.54, 1.807) is 0 Å². The summed E-state index contributed by atoms with van der Waals surface area (Å²) in [5, 5.41) is 3.55. The second kappa shape index (κ2) is 5.99. The van der Waals surface area contributed by atoms with Crippen LogP contribution in [0.4, 0.5) is 0 Å². The normalized spacial score (nSPS) is 29.1. The fraction of sp³-hybridized carbons (Fsp3) is 1.00. The maximum atomic E-state index is 5.62. The molecule has 0 spiro atoms. The van der Waals surface area contributed by atoms with E-state index in [2.05, 4.69) is 24.1 Å². The summed E-state index contributed by atoms with van der Waals surface area (Å²) in [6, 6.07) is 2.01. The molecular weight excluding hydrogens is 200 g/mol. The van der Waals surface area contributed by atoms with Crippen LogP contribution in [0.1, 0.15) is 39.5 Å².